The Morgan fingerprint density at radius 1 is 1.07 bits per heavy atom. The molecule has 1 heterocycles. The van der Waals surface area contributed by atoms with Crippen LogP contribution in [0.25, 0.3) is 0 Å². The van der Waals surface area contributed by atoms with Crippen molar-refractivity contribution in [2.45, 2.75) is 6.54 Å². The van der Waals surface area contributed by atoms with Gasteiger partial charge in [0, 0.05) is 50.4 Å². The molecule has 2 aromatic carbocycles. The molecule has 1 fully saturated rings. The second kappa shape index (κ2) is 9.25. The van der Waals surface area contributed by atoms with E-state index in [1.54, 1.807) is 29.2 Å². The standard InChI is InChI=1S/C20H23N3O4/c24-20(18-4-2-1-3-5-18)22(11-10-21-12-14-27-15-13-21)16-17-6-8-19(9-7-17)23(25)26/h1-9H,10-16H2. The van der Waals surface area contributed by atoms with Crippen LogP contribution in [-0.2, 0) is 11.3 Å². The minimum atomic E-state index is -0.422. The number of benzene rings is 2. The van der Waals surface area contributed by atoms with Crippen LogP contribution >= 0.6 is 0 Å². The summed E-state index contributed by atoms with van der Waals surface area (Å²) in [5.41, 5.74) is 1.56. The van der Waals surface area contributed by atoms with Crippen molar-refractivity contribution in [1.29, 1.82) is 0 Å². The Kier molecular flexibility index (Phi) is 6.51. The third-order valence-corrected chi connectivity index (χ3v) is 4.62. The summed E-state index contributed by atoms with van der Waals surface area (Å²) in [5.74, 6) is -0.0396. The van der Waals surface area contributed by atoms with Crippen LogP contribution in [0.15, 0.2) is 54.6 Å². The van der Waals surface area contributed by atoms with Crippen LogP contribution in [0.5, 0.6) is 0 Å². The number of carbonyl (C=O) groups excluding carboxylic acids is 1. The lowest BCUT2D eigenvalue weighted by Crippen LogP contribution is -2.42. The Balaban J connectivity index is 1.71. The maximum Gasteiger partial charge on any atom is 0.269 e. The van der Waals surface area contributed by atoms with Crippen molar-refractivity contribution in [2.24, 2.45) is 0 Å². The summed E-state index contributed by atoms with van der Waals surface area (Å²) in [6.07, 6.45) is 0. The molecular weight excluding hydrogens is 346 g/mol. The van der Waals surface area contributed by atoms with Crippen LogP contribution in [0, 0.1) is 10.1 Å². The minimum Gasteiger partial charge on any atom is -0.379 e. The van der Waals surface area contributed by atoms with Crippen molar-refractivity contribution < 1.29 is 14.5 Å². The summed E-state index contributed by atoms with van der Waals surface area (Å²) in [6.45, 7) is 4.94. The molecule has 0 aliphatic carbocycles. The number of nitro benzene ring substituents is 1. The molecule has 7 nitrogen and oxygen atoms in total. The second-order valence-electron chi connectivity index (χ2n) is 6.47. The average Bonchev–Trinajstić information content (AvgIpc) is 2.72. The monoisotopic (exact) mass is 369 g/mol. The molecular formula is C20H23N3O4. The highest BCUT2D eigenvalue weighted by atomic mass is 16.6. The maximum atomic E-state index is 13.0. The second-order valence-corrected chi connectivity index (χ2v) is 6.47. The summed E-state index contributed by atoms with van der Waals surface area (Å²) >= 11 is 0. The molecule has 0 bridgehead atoms. The van der Waals surface area contributed by atoms with Gasteiger partial charge in [0.25, 0.3) is 11.6 Å². The van der Waals surface area contributed by atoms with Crippen molar-refractivity contribution in [3.63, 3.8) is 0 Å². The fourth-order valence-corrected chi connectivity index (χ4v) is 3.05. The molecule has 2 aromatic rings. The molecule has 1 aliphatic rings. The van der Waals surface area contributed by atoms with Gasteiger partial charge in [-0.2, -0.15) is 0 Å². The van der Waals surface area contributed by atoms with E-state index in [2.05, 4.69) is 4.90 Å². The number of nitrogens with zero attached hydrogens (tertiary/aromatic N) is 3. The quantitative estimate of drug-likeness (QED) is 0.554. The Morgan fingerprint density at radius 3 is 2.37 bits per heavy atom. The number of hydrogen-bond donors (Lipinski definition) is 0. The molecule has 0 aromatic heterocycles. The van der Waals surface area contributed by atoms with Gasteiger partial charge in [-0.25, -0.2) is 0 Å². The number of non-ortho nitro benzene ring substituents is 1. The molecule has 7 heteroatoms. The largest absolute Gasteiger partial charge is 0.379 e. The van der Waals surface area contributed by atoms with Crippen molar-refractivity contribution in [3.05, 3.63) is 75.8 Å². The van der Waals surface area contributed by atoms with Crippen molar-refractivity contribution in [2.75, 3.05) is 39.4 Å². The van der Waals surface area contributed by atoms with Gasteiger partial charge in [0.2, 0.25) is 0 Å². The van der Waals surface area contributed by atoms with Crippen molar-refractivity contribution >= 4 is 11.6 Å². The first kappa shape index (κ1) is 19.0. The van der Waals surface area contributed by atoms with E-state index in [0.29, 0.717) is 18.7 Å². The predicted octanol–water partition coefficient (Wildman–Crippen LogP) is 2.57. The third kappa shape index (κ3) is 5.35. The smallest absolute Gasteiger partial charge is 0.269 e. The fourth-order valence-electron chi connectivity index (χ4n) is 3.05. The van der Waals surface area contributed by atoms with Crippen LogP contribution in [0.1, 0.15) is 15.9 Å². The number of nitro groups is 1. The van der Waals surface area contributed by atoms with Gasteiger partial charge in [-0.1, -0.05) is 30.3 Å². The van der Waals surface area contributed by atoms with E-state index in [4.69, 9.17) is 4.74 Å². The van der Waals surface area contributed by atoms with Gasteiger partial charge in [-0.3, -0.25) is 19.8 Å². The van der Waals surface area contributed by atoms with Gasteiger partial charge in [-0.05, 0) is 17.7 Å². The molecule has 0 unspecified atom stereocenters. The number of hydrogen-bond acceptors (Lipinski definition) is 5. The first-order valence-corrected chi connectivity index (χ1v) is 9.01. The fraction of sp³-hybridized carbons (Fsp3) is 0.350. The van der Waals surface area contributed by atoms with E-state index in [1.807, 2.05) is 18.2 Å². The van der Waals surface area contributed by atoms with Gasteiger partial charge in [0.05, 0.1) is 18.1 Å². The minimum absolute atomic E-state index is 0.0396. The SMILES string of the molecule is O=C(c1ccccc1)N(CCN1CCOCC1)Cc1ccc([N+](=O)[O-])cc1. The lowest BCUT2D eigenvalue weighted by Gasteiger charge is -2.30. The topological polar surface area (TPSA) is 75.9 Å². The summed E-state index contributed by atoms with van der Waals surface area (Å²) in [6, 6.07) is 15.5. The Bertz CT molecular complexity index is 759. The van der Waals surface area contributed by atoms with E-state index in [9.17, 15) is 14.9 Å². The van der Waals surface area contributed by atoms with Gasteiger partial charge < -0.3 is 9.64 Å². The Labute approximate surface area is 158 Å². The number of ether oxygens (including phenoxy) is 1. The molecule has 0 atom stereocenters. The summed E-state index contributed by atoms with van der Waals surface area (Å²) in [5, 5.41) is 10.8. The number of amides is 1. The Morgan fingerprint density at radius 2 is 1.74 bits per heavy atom. The lowest BCUT2D eigenvalue weighted by atomic mass is 10.1. The van der Waals surface area contributed by atoms with Crippen molar-refractivity contribution in [3.8, 4) is 0 Å². The molecule has 1 aliphatic heterocycles. The number of rotatable bonds is 7. The summed E-state index contributed by atoms with van der Waals surface area (Å²) < 4.78 is 5.37. The van der Waals surface area contributed by atoms with Crippen LogP contribution < -0.4 is 0 Å². The molecule has 0 N–H and O–H groups in total. The average molecular weight is 369 g/mol. The highest BCUT2D eigenvalue weighted by Crippen LogP contribution is 2.15. The first-order valence-electron chi connectivity index (χ1n) is 9.01. The zero-order chi connectivity index (χ0) is 19.1. The van der Waals surface area contributed by atoms with Crippen LogP contribution in [-0.4, -0.2) is 60.0 Å². The zero-order valence-electron chi connectivity index (χ0n) is 15.1. The molecule has 1 amide bonds. The van der Waals surface area contributed by atoms with Gasteiger partial charge in [0.1, 0.15) is 0 Å². The molecule has 3 rings (SSSR count). The predicted molar refractivity (Wildman–Crippen MR) is 102 cm³/mol. The molecule has 142 valence electrons. The third-order valence-electron chi connectivity index (χ3n) is 4.62. The van der Waals surface area contributed by atoms with Crippen molar-refractivity contribution in [1.82, 2.24) is 9.80 Å². The first-order chi connectivity index (χ1) is 13.1. The summed E-state index contributed by atoms with van der Waals surface area (Å²) in [4.78, 5) is 27.5. The zero-order valence-corrected chi connectivity index (χ0v) is 15.1. The highest BCUT2D eigenvalue weighted by Gasteiger charge is 2.19. The number of morpholine rings is 1. The normalized spacial score (nSPS) is 14.7. The van der Waals surface area contributed by atoms with Crippen LogP contribution in [0.3, 0.4) is 0 Å². The lowest BCUT2D eigenvalue weighted by molar-refractivity contribution is -0.384. The van der Waals surface area contributed by atoms with Gasteiger partial charge in [-0.15, -0.1) is 0 Å². The molecule has 0 radical (unpaired) electrons. The molecule has 27 heavy (non-hydrogen) atoms. The maximum absolute atomic E-state index is 13.0. The van der Waals surface area contributed by atoms with E-state index in [-0.39, 0.29) is 11.6 Å². The van der Waals surface area contributed by atoms with Crippen LogP contribution in [0.2, 0.25) is 0 Å². The van der Waals surface area contributed by atoms with E-state index in [0.717, 1.165) is 38.4 Å². The molecule has 0 saturated carbocycles. The molecule has 0 spiro atoms. The summed E-state index contributed by atoms with van der Waals surface area (Å²) in [7, 11) is 0. The van der Waals surface area contributed by atoms with E-state index >= 15 is 0 Å². The Hall–Kier alpha value is -2.77. The number of carbonyl (C=O) groups is 1. The van der Waals surface area contributed by atoms with Gasteiger partial charge >= 0.3 is 0 Å². The molecule has 1 saturated heterocycles. The van der Waals surface area contributed by atoms with Crippen LogP contribution in [0.4, 0.5) is 5.69 Å². The highest BCUT2D eigenvalue weighted by molar-refractivity contribution is 5.94. The van der Waals surface area contributed by atoms with E-state index < -0.39 is 4.92 Å². The van der Waals surface area contributed by atoms with Gasteiger partial charge in [0.15, 0.2) is 0 Å². The van der Waals surface area contributed by atoms with E-state index in [1.165, 1.54) is 12.1 Å².